The zero-order valence-corrected chi connectivity index (χ0v) is 25.5. The van der Waals surface area contributed by atoms with Crippen molar-refractivity contribution in [3.63, 3.8) is 0 Å². The molecule has 0 amide bonds. The van der Waals surface area contributed by atoms with E-state index in [0.29, 0.717) is 30.8 Å². The highest BCUT2D eigenvalue weighted by Crippen LogP contribution is 2.32. The van der Waals surface area contributed by atoms with Gasteiger partial charge in [-0.3, -0.25) is 4.79 Å². The maximum Gasteiger partial charge on any atom is 0.402 e. The first-order valence-electron chi connectivity index (χ1n) is 15.8. The molecule has 8 heteroatoms. The van der Waals surface area contributed by atoms with Gasteiger partial charge in [-0.2, -0.15) is 13.2 Å². The molecule has 3 aromatic rings. The summed E-state index contributed by atoms with van der Waals surface area (Å²) in [4.78, 5) is 21.2. The molecule has 1 heterocycles. The molecule has 0 fully saturated rings. The predicted octanol–water partition coefficient (Wildman–Crippen LogP) is 10.4. The van der Waals surface area contributed by atoms with Crippen molar-refractivity contribution in [3.05, 3.63) is 60.9 Å². The lowest BCUT2D eigenvalue weighted by Crippen LogP contribution is -2.33. The number of hydrogen-bond donors (Lipinski definition) is 0. The number of alkyl halides is 3. The number of halogens is 3. The molecular formula is C35H45F3N2O3. The molecule has 0 saturated heterocycles. The van der Waals surface area contributed by atoms with Gasteiger partial charge in [-0.05, 0) is 54.8 Å². The Morgan fingerprint density at radius 2 is 1.19 bits per heavy atom. The molecule has 0 aliphatic heterocycles. The highest BCUT2D eigenvalue weighted by atomic mass is 19.4. The number of nitrogens with zero attached hydrogens (tertiary/aromatic N) is 2. The van der Waals surface area contributed by atoms with Crippen molar-refractivity contribution in [2.24, 2.45) is 5.92 Å². The Morgan fingerprint density at radius 1 is 0.674 bits per heavy atom. The second kappa shape index (κ2) is 18.3. The van der Waals surface area contributed by atoms with Crippen LogP contribution in [0.4, 0.5) is 13.2 Å². The number of esters is 1. The fourth-order valence-electron chi connectivity index (χ4n) is 4.85. The Balaban J connectivity index is 1.48. The fraction of sp³-hybridized carbons (Fsp3) is 0.514. The standard InChI is InChI=1S/C35H45F3N2O3/c1-3-5-7-9-10-11-12-14-24-42-30-20-16-27(17-21-30)29-25-39-33(40-26-29)28-18-22-31(23-19-28)43-34(41)32(35(36,37)38)15-13-8-6-4-2/h16-23,25-26,32H,3-15,24H2,1-2H3. The summed E-state index contributed by atoms with van der Waals surface area (Å²) in [5, 5.41) is 0. The number of benzene rings is 2. The van der Waals surface area contributed by atoms with Crippen LogP contribution in [0.25, 0.3) is 22.5 Å². The minimum Gasteiger partial charge on any atom is -0.494 e. The van der Waals surface area contributed by atoms with Crippen LogP contribution in [0.15, 0.2) is 60.9 Å². The number of carbonyl (C=O) groups is 1. The first kappa shape index (κ1) is 34.1. The SMILES string of the molecule is CCCCCCCCCCOc1ccc(-c2cnc(-c3ccc(OC(=O)C(CCCCCC)C(F)(F)F)cc3)nc2)cc1. The summed E-state index contributed by atoms with van der Waals surface area (Å²) in [5.74, 6) is -2.06. The van der Waals surface area contributed by atoms with Crippen molar-refractivity contribution in [2.75, 3.05) is 6.61 Å². The summed E-state index contributed by atoms with van der Waals surface area (Å²) >= 11 is 0. The topological polar surface area (TPSA) is 61.3 Å². The average molecular weight is 599 g/mol. The van der Waals surface area contributed by atoms with Crippen LogP contribution in [-0.4, -0.2) is 28.7 Å². The lowest BCUT2D eigenvalue weighted by atomic mass is 10.0. The summed E-state index contributed by atoms with van der Waals surface area (Å²) in [6.45, 7) is 4.93. The molecule has 1 aromatic heterocycles. The summed E-state index contributed by atoms with van der Waals surface area (Å²) in [6, 6.07) is 14.0. The van der Waals surface area contributed by atoms with Crippen LogP contribution in [0.5, 0.6) is 11.5 Å². The van der Waals surface area contributed by atoms with Crippen LogP contribution in [0.1, 0.15) is 97.3 Å². The van der Waals surface area contributed by atoms with Gasteiger partial charge >= 0.3 is 12.1 Å². The second-order valence-electron chi connectivity index (χ2n) is 11.0. The maximum absolute atomic E-state index is 13.4. The van der Waals surface area contributed by atoms with Gasteiger partial charge in [0.15, 0.2) is 11.7 Å². The van der Waals surface area contributed by atoms with Crippen molar-refractivity contribution in [1.29, 1.82) is 0 Å². The highest BCUT2D eigenvalue weighted by molar-refractivity contribution is 5.76. The number of aromatic nitrogens is 2. The smallest absolute Gasteiger partial charge is 0.402 e. The Morgan fingerprint density at radius 3 is 1.77 bits per heavy atom. The van der Waals surface area contributed by atoms with E-state index in [-0.39, 0.29) is 12.2 Å². The predicted molar refractivity (Wildman–Crippen MR) is 165 cm³/mol. The molecule has 3 rings (SSSR count). The number of hydrogen-bond acceptors (Lipinski definition) is 5. The largest absolute Gasteiger partial charge is 0.494 e. The second-order valence-corrected chi connectivity index (χ2v) is 11.0. The molecule has 43 heavy (non-hydrogen) atoms. The molecule has 0 N–H and O–H groups in total. The third-order valence-electron chi connectivity index (χ3n) is 7.46. The highest BCUT2D eigenvalue weighted by Gasteiger charge is 2.45. The molecule has 0 aliphatic carbocycles. The van der Waals surface area contributed by atoms with Gasteiger partial charge in [-0.25, -0.2) is 9.97 Å². The molecule has 234 valence electrons. The van der Waals surface area contributed by atoms with E-state index in [2.05, 4.69) is 16.9 Å². The van der Waals surface area contributed by atoms with Crippen molar-refractivity contribution >= 4 is 5.97 Å². The Labute approximate surface area is 254 Å². The van der Waals surface area contributed by atoms with Gasteiger partial charge in [-0.15, -0.1) is 0 Å². The summed E-state index contributed by atoms with van der Waals surface area (Å²) in [7, 11) is 0. The van der Waals surface area contributed by atoms with E-state index in [4.69, 9.17) is 9.47 Å². The number of ether oxygens (including phenoxy) is 2. The van der Waals surface area contributed by atoms with Gasteiger partial charge in [0.05, 0.1) is 6.61 Å². The number of unbranched alkanes of at least 4 members (excludes halogenated alkanes) is 10. The van der Waals surface area contributed by atoms with Crippen LogP contribution < -0.4 is 9.47 Å². The van der Waals surface area contributed by atoms with Crippen LogP contribution in [0.2, 0.25) is 0 Å². The average Bonchev–Trinajstić information content (AvgIpc) is 3.00. The van der Waals surface area contributed by atoms with Crippen LogP contribution in [0, 0.1) is 5.92 Å². The lowest BCUT2D eigenvalue weighted by Gasteiger charge is -2.18. The van der Waals surface area contributed by atoms with Crippen LogP contribution >= 0.6 is 0 Å². The van der Waals surface area contributed by atoms with E-state index in [9.17, 15) is 18.0 Å². The van der Waals surface area contributed by atoms with Crippen molar-refractivity contribution in [3.8, 4) is 34.0 Å². The first-order valence-corrected chi connectivity index (χ1v) is 15.8. The number of carbonyl (C=O) groups excluding carboxylic acids is 1. The maximum atomic E-state index is 13.4. The molecule has 0 bridgehead atoms. The monoisotopic (exact) mass is 598 g/mol. The van der Waals surface area contributed by atoms with Gasteiger partial charge in [-0.1, -0.05) is 96.6 Å². The molecule has 0 radical (unpaired) electrons. The van der Waals surface area contributed by atoms with E-state index in [0.717, 1.165) is 36.1 Å². The molecular weight excluding hydrogens is 553 g/mol. The van der Waals surface area contributed by atoms with Crippen molar-refractivity contribution < 1.29 is 27.4 Å². The normalized spacial score (nSPS) is 12.2. The molecule has 1 unspecified atom stereocenters. The van der Waals surface area contributed by atoms with E-state index >= 15 is 0 Å². The lowest BCUT2D eigenvalue weighted by molar-refractivity contribution is -0.193. The molecule has 5 nitrogen and oxygen atoms in total. The van der Waals surface area contributed by atoms with Crippen LogP contribution in [0.3, 0.4) is 0 Å². The number of rotatable bonds is 19. The fourth-order valence-corrected chi connectivity index (χ4v) is 4.85. The molecule has 1 atom stereocenters. The molecule has 0 aliphatic rings. The Bertz CT molecular complexity index is 1200. The first-order chi connectivity index (χ1) is 20.8. The summed E-state index contributed by atoms with van der Waals surface area (Å²) in [5.41, 5.74) is 2.46. The molecule has 0 spiro atoms. The third kappa shape index (κ3) is 12.0. The summed E-state index contributed by atoms with van der Waals surface area (Å²) < 4.78 is 51.3. The Hall–Kier alpha value is -3.42. The quantitative estimate of drug-likeness (QED) is 0.0780. The van der Waals surface area contributed by atoms with Crippen molar-refractivity contribution in [2.45, 2.75) is 103 Å². The van der Waals surface area contributed by atoms with E-state index < -0.39 is 18.1 Å². The van der Waals surface area contributed by atoms with Gasteiger partial charge in [0.2, 0.25) is 0 Å². The van der Waals surface area contributed by atoms with E-state index in [1.165, 1.54) is 57.1 Å². The molecule has 2 aromatic carbocycles. The minimum atomic E-state index is -4.64. The van der Waals surface area contributed by atoms with Gasteiger partial charge in [0.25, 0.3) is 0 Å². The Kier molecular flexibility index (Phi) is 14.5. The third-order valence-corrected chi connectivity index (χ3v) is 7.46. The zero-order valence-electron chi connectivity index (χ0n) is 25.5. The van der Waals surface area contributed by atoms with E-state index in [1.54, 1.807) is 24.5 Å². The zero-order chi connectivity index (χ0) is 30.9. The summed E-state index contributed by atoms with van der Waals surface area (Å²) in [6.07, 6.45) is 11.4. The minimum absolute atomic E-state index is 0.0536. The van der Waals surface area contributed by atoms with E-state index in [1.807, 2.05) is 31.2 Å². The molecule has 0 saturated carbocycles. The van der Waals surface area contributed by atoms with Gasteiger partial charge in [0, 0.05) is 23.5 Å². The van der Waals surface area contributed by atoms with Crippen molar-refractivity contribution in [1.82, 2.24) is 9.97 Å². The van der Waals surface area contributed by atoms with Gasteiger partial charge < -0.3 is 9.47 Å². The van der Waals surface area contributed by atoms with Gasteiger partial charge in [0.1, 0.15) is 11.5 Å². The van der Waals surface area contributed by atoms with Crippen LogP contribution in [-0.2, 0) is 4.79 Å².